The van der Waals surface area contributed by atoms with Crippen molar-refractivity contribution in [2.24, 2.45) is 0 Å². The minimum absolute atomic E-state index is 0.0608. The van der Waals surface area contributed by atoms with Crippen molar-refractivity contribution in [2.45, 2.75) is 11.9 Å². The van der Waals surface area contributed by atoms with E-state index in [1.54, 1.807) is 18.5 Å². The van der Waals surface area contributed by atoms with E-state index in [4.69, 9.17) is 4.74 Å². The average molecular weight is 323 g/mol. The summed E-state index contributed by atoms with van der Waals surface area (Å²) in [6.45, 7) is 0.403. The molecule has 0 radical (unpaired) electrons. The number of halogens is 1. The number of pyridine rings is 1. The number of nitro benzene ring substituents is 1. The minimum Gasteiger partial charge on any atom is -0.489 e. The van der Waals surface area contributed by atoms with E-state index < -0.39 is 4.92 Å². The maximum absolute atomic E-state index is 10.7. The summed E-state index contributed by atoms with van der Waals surface area (Å²) in [5.74, 6) is 0.638. The van der Waals surface area contributed by atoms with Gasteiger partial charge in [0, 0.05) is 35.4 Å². The SMILES string of the molecule is O=[N+]([O-])c1ccc(OCc2ccncc2)c(CBr)c1. The molecule has 0 saturated carbocycles. The van der Waals surface area contributed by atoms with E-state index in [2.05, 4.69) is 20.9 Å². The molecule has 1 aromatic carbocycles. The zero-order chi connectivity index (χ0) is 13.7. The van der Waals surface area contributed by atoms with Gasteiger partial charge in [-0.15, -0.1) is 0 Å². The Hall–Kier alpha value is -1.95. The molecule has 0 amide bonds. The summed E-state index contributed by atoms with van der Waals surface area (Å²) in [6.07, 6.45) is 3.39. The molecule has 0 unspecified atom stereocenters. The van der Waals surface area contributed by atoms with E-state index in [1.807, 2.05) is 12.1 Å². The average Bonchev–Trinajstić information content (AvgIpc) is 2.45. The van der Waals surface area contributed by atoms with E-state index in [9.17, 15) is 10.1 Å². The van der Waals surface area contributed by atoms with Crippen molar-refractivity contribution >= 4 is 21.6 Å². The third kappa shape index (κ3) is 3.51. The standard InChI is InChI=1S/C13H11BrN2O3/c14-8-11-7-12(16(17)18)1-2-13(11)19-9-10-3-5-15-6-4-10/h1-7H,8-9H2. The van der Waals surface area contributed by atoms with Crippen LogP contribution in [0.1, 0.15) is 11.1 Å². The quantitative estimate of drug-likeness (QED) is 0.480. The van der Waals surface area contributed by atoms with E-state index in [0.29, 0.717) is 17.7 Å². The second kappa shape index (κ2) is 6.29. The van der Waals surface area contributed by atoms with E-state index in [1.165, 1.54) is 12.1 Å². The van der Waals surface area contributed by atoms with Crippen LogP contribution in [0, 0.1) is 10.1 Å². The maximum Gasteiger partial charge on any atom is 0.270 e. The number of nitrogens with zero attached hydrogens (tertiary/aromatic N) is 2. The van der Waals surface area contributed by atoms with Crippen LogP contribution in [0.5, 0.6) is 5.75 Å². The van der Waals surface area contributed by atoms with Gasteiger partial charge in [-0.25, -0.2) is 0 Å². The van der Waals surface area contributed by atoms with Crippen LogP contribution < -0.4 is 4.74 Å². The van der Waals surface area contributed by atoms with Gasteiger partial charge in [-0.1, -0.05) is 15.9 Å². The molecule has 0 aliphatic carbocycles. The first kappa shape index (κ1) is 13.5. The molecule has 0 aliphatic rings. The van der Waals surface area contributed by atoms with E-state index >= 15 is 0 Å². The first-order chi connectivity index (χ1) is 9.20. The molecule has 5 nitrogen and oxygen atoms in total. The lowest BCUT2D eigenvalue weighted by atomic mass is 10.2. The number of alkyl halides is 1. The van der Waals surface area contributed by atoms with E-state index in [0.717, 1.165) is 11.1 Å². The van der Waals surface area contributed by atoms with Gasteiger partial charge >= 0.3 is 0 Å². The van der Waals surface area contributed by atoms with Gasteiger partial charge in [0.1, 0.15) is 12.4 Å². The van der Waals surface area contributed by atoms with Crippen molar-refractivity contribution < 1.29 is 9.66 Å². The minimum atomic E-state index is -0.418. The van der Waals surface area contributed by atoms with Crippen LogP contribution in [-0.4, -0.2) is 9.91 Å². The molecule has 2 aromatic rings. The first-order valence-corrected chi connectivity index (χ1v) is 6.68. The van der Waals surface area contributed by atoms with Crippen LogP contribution >= 0.6 is 15.9 Å². The van der Waals surface area contributed by atoms with Crippen LogP contribution in [-0.2, 0) is 11.9 Å². The molecular weight excluding hydrogens is 312 g/mol. The summed E-state index contributed by atoms with van der Waals surface area (Å²) < 4.78 is 5.67. The Kier molecular flexibility index (Phi) is 4.46. The smallest absolute Gasteiger partial charge is 0.270 e. The molecule has 0 saturated heterocycles. The second-order valence-electron chi connectivity index (χ2n) is 3.83. The van der Waals surface area contributed by atoms with E-state index in [-0.39, 0.29) is 5.69 Å². The Morgan fingerprint density at radius 2 is 2.00 bits per heavy atom. The van der Waals surface area contributed by atoms with Gasteiger partial charge < -0.3 is 4.74 Å². The number of ether oxygens (including phenoxy) is 1. The summed E-state index contributed by atoms with van der Waals surface area (Å²) in [5, 5.41) is 11.2. The van der Waals surface area contributed by atoms with Crippen LogP contribution in [0.25, 0.3) is 0 Å². The lowest BCUT2D eigenvalue weighted by Crippen LogP contribution is -1.99. The largest absolute Gasteiger partial charge is 0.489 e. The Labute approximate surface area is 118 Å². The van der Waals surface area contributed by atoms with Crippen LogP contribution in [0.15, 0.2) is 42.7 Å². The summed E-state index contributed by atoms with van der Waals surface area (Å²) >= 11 is 3.31. The monoisotopic (exact) mass is 322 g/mol. The maximum atomic E-state index is 10.7. The number of hydrogen-bond acceptors (Lipinski definition) is 4. The molecule has 19 heavy (non-hydrogen) atoms. The van der Waals surface area contributed by atoms with Gasteiger partial charge in [0.15, 0.2) is 0 Å². The fraction of sp³-hybridized carbons (Fsp3) is 0.154. The number of nitro groups is 1. The lowest BCUT2D eigenvalue weighted by molar-refractivity contribution is -0.384. The number of benzene rings is 1. The number of hydrogen-bond donors (Lipinski definition) is 0. The van der Waals surface area contributed by atoms with Gasteiger partial charge in [0.2, 0.25) is 0 Å². The molecule has 0 atom stereocenters. The van der Waals surface area contributed by atoms with Crippen molar-refractivity contribution in [3.05, 3.63) is 64.0 Å². The summed E-state index contributed by atoms with van der Waals surface area (Å²) in [6, 6.07) is 8.29. The van der Waals surface area contributed by atoms with Crippen molar-refractivity contribution in [2.75, 3.05) is 0 Å². The summed E-state index contributed by atoms with van der Waals surface area (Å²) in [5.41, 5.74) is 1.81. The highest BCUT2D eigenvalue weighted by Crippen LogP contribution is 2.26. The zero-order valence-electron chi connectivity index (χ0n) is 9.95. The molecule has 0 aliphatic heterocycles. The first-order valence-electron chi connectivity index (χ1n) is 5.55. The topological polar surface area (TPSA) is 65.3 Å². The fourth-order valence-corrected chi connectivity index (χ4v) is 2.00. The molecule has 0 spiro atoms. The van der Waals surface area contributed by atoms with Crippen molar-refractivity contribution in [1.82, 2.24) is 4.98 Å². The van der Waals surface area contributed by atoms with Crippen molar-refractivity contribution in [3.8, 4) is 5.75 Å². The lowest BCUT2D eigenvalue weighted by Gasteiger charge is -2.09. The third-order valence-electron chi connectivity index (χ3n) is 2.54. The third-order valence-corrected chi connectivity index (χ3v) is 3.15. The predicted octanol–water partition coefficient (Wildman–Crippen LogP) is 3.46. The second-order valence-corrected chi connectivity index (χ2v) is 4.39. The van der Waals surface area contributed by atoms with Gasteiger partial charge in [-0.3, -0.25) is 15.1 Å². The van der Waals surface area contributed by atoms with Gasteiger partial charge in [0.25, 0.3) is 5.69 Å². The van der Waals surface area contributed by atoms with Crippen LogP contribution in [0.2, 0.25) is 0 Å². The molecule has 0 bridgehead atoms. The number of non-ortho nitro benzene ring substituents is 1. The molecule has 0 N–H and O–H groups in total. The normalized spacial score (nSPS) is 10.2. The van der Waals surface area contributed by atoms with Gasteiger partial charge in [-0.05, 0) is 23.8 Å². The highest BCUT2D eigenvalue weighted by atomic mass is 79.9. The summed E-state index contributed by atoms with van der Waals surface area (Å²) in [7, 11) is 0. The molecule has 2 rings (SSSR count). The molecule has 1 heterocycles. The molecule has 1 aromatic heterocycles. The Bertz CT molecular complexity index is 575. The van der Waals surface area contributed by atoms with Crippen molar-refractivity contribution in [1.29, 1.82) is 0 Å². The zero-order valence-corrected chi connectivity index (χ0v) is 11.5. The molecule has 6 heteroatoms. The number of rotatable bonds is 5. The number of aromatic nitrogens is 1. The molecular formula is C13H11BrN2O3. The van der Waals surface area contributed by atoms with Crippen LogP contribution in [0.3, 0.4) is 0 Å². The predicted molar refractivity (Wildman–Crippen MR) is 74.3 cm³/mol. The van der Waals surface area contributed by atoms with Gasteiger partial charge in [-0.2, -0.15) is 0 Å². The van der Waals surface area contributed by atoms with Gasteiger partial charge in [0.05, 0.1) is 4.92 Å². The Morgan fingerprint density at radius 3 is 2.63 bits per heavy atom. The Balaban J connectivity index is 2.14. The fourth-order valence-electron chi connectivity index (χ4n) is 1.56. The highest BCUT2D eigenvalue weighted by Gasteiger charge is 2.11. The summed E-state index contributed by atoms with van der Waals surface area (Å²) in [4.78, 5) is 14.2. The van der Waals surface area contributed by atoms with Crippen LogP contribution in [0.4, 0.5) is 5.69 Å². The highest BCUT2D eigenvalue weighted by molar-refractivity contribution is 9.08. The Morgan fingerprint density at radius 1 is 1.26 bits per heavy atom. The molecule has 0 fully saturated rings. The molecule has 98 valence electrons. The van der Waals surface area contributed by atoms with Crippen molar-refractivity contribution in [3.63, 3.8) is 0 Å².